The summed E-state index contributed by atoms with van der Waals surface area (Å²) in [6, 6.07) is 8.46. The molecule has 3 rings (SSSR count). The van der Waals surface area contributed by atoms with Crippen LogP contribution in [-0.2, 0) is 27.1 Å². The van der Waals surface area contributed by atoms with E-state index in [2.05, 4.69) is 49.5 Å². The van der Waals surface area contributed by atoms with E-state index in [4.69, 9.17) is 9.47 Å². The number of hydrogen-bond donors (Lipinski definition) is 1. The number of ether oxygens (including phenoxy) is 2. The fraction of sp³-hybridized carbons (Fsp3) is 0.571. The summed E-state index contributed by atoms with van der Waals surface area (Å²) >= 11 is 0. The highest BCUT2D eigenvalue weighted by molar-refractivity contribution is 5.76. The van der Waals surface area contributed by atoms with Crippen LogP contribution in [0.15, 0.2) is 35.9 Å². The molecule has 0 bridgehead atoms. The van der Waals surface area contributed by atoms with Crippen molar-refractivity contribution in [2.75, 3.05) is 19.8 Å². The second-order valence-corrected chi connectivity index (χ2v) is 7.44. The summed E-state index contributed by atoms with van der Waals surface area (Å²) < 4.78 is 11.5. The van der Waals surface area contributed by atoms with Gasteiger partial charge in [0, 0.05) is 13.0 Å². The van der Waals surface area contributed by atoms with Crippen LogP contribution in [-0.4, -0.2) is 37.9 Å². The lowest BCUT2D eigenvalue weighted by Crippen LogP contribution is -2.50. The van der Waals surface area contributed by atoms with Crippen LogP contribution in [0.1, 0.15) is 37.8 Å². The Balaban J connectivity index is 1.48. The fourth-order valence-electron chi connectivity index (χ4n) is 3.71. The highest BCUT2D eigenvalue weighted by Gasteiger charge is 2.29. The highest BCUT2D eigenvalue weighted by atomic mass is 16.5. The number of fused-ring (bicyclic) bond motifs is 1. The average Bonchev–Trinajstić information content (AvgIpc) is 2.98. The van der Waals surface area contributed by atoms with E-state index in [0.717, 1.165) is 19.3 Å². The first kappa shape index (κ1) is 18.2. The molecule has 1 aromatic carbocycles. The number of hydrogen-bond acceptors (Lipinski definition) is 3. The maximum absolute atomic E-state index is 12.5. The molecule has 1 N–H and O–H groups in total. The average molecular weight is 343 g/mol. The minimum Gasteiger partial charge on any atom is -0.379 e. The Morgan fingerprint density at radius 2 is 2.00 bits per heavy atom. The van der Waals surface area contributed by atoms with Crippen LogP contribution in [0.25, 0.3) is 0 Å². The summed E-state index contributed by atoms with van der Waals surface area (Å²) in [6.07, 6.45) is 5.53. The molecule has 25 heavy (non-hydrogen) atoms. The first-order valence-corrected chi connectivity index (χ1v) is 9.30. The van der Waals surface area contributed by atoms with Gasteiger partial charge < -0.3 is 14.8 Å². The van der Waals surface area contributed by atoms with E-state index in [1.165, 1.54) is 16.7 Å². The Morgan fingerprint density at radius 3 is 2.68 bits per heavy atom. The molecule has 4 heteroatoms. The van der Waals surface area contributed by atoms with Gasteiger partial charge in [-0.3, -0.25) is 4.79 Å². The molecule has 0 aromatic heterocycles. The summed E-state index contributed by atoms with van der Waals surface area (Å²) in [5.41, 5.74) is 4.03. The normalized spacial score (nSPS) is 23.1. The molecule has 1 aliphatic heterocycles. The number of allylic oxidation sites excluding steroid dienone is 1. The lowest BCUT2D eigenvalue weighted by Gasteiger charge is -2.32. The van der Waals surface area contributed by atoms with Gasteiger partial charge in [-0.15, -0.1) is 0 Å². The van der Waals surface area contributed by atoms with Crippen molar-refractivity contribution in [1.82, 2.24) is 5.32 Å². The van der Waals surface area contributed by atoms with Crippen LogP contribution in [0.2, 0.25) is 0 Å². The third-order valence-corrected chi connectivity index (χ3v) is 5.05. The van der Waals surface area contributed by atoms with Gasteiger partial charge in [-0.1, -0.05) is 35.9 Å². The first-order chi connectivity index (χ1) is 12.1. The van der Waals surface area contributed by atoms with Crippen molar-refractivity contribution in [2.24, 2.45) is 5.92 Å². The molecule has 2 aliphatic rings. The van der Waals surface area contributed by atoms with E-state index in [0.29, 0.717) is 32.2 Å². The largest absolute Gasteiger partial charge is 0.379 e. The van der Waals surface area contributed by atoms with E-state index in [1.54, 1.807) is 0 Å². The van der Waals surface area contributed by atoms with Gasteiger partial charge in [0.15, 0.2) is 0 Å². The van der Waals surface area contributed by atoms with E-state index in [1.807, 2.05) is 0 Å². The summed E-state index contributed by atoms with van der Waals surface area (Å²) in [6.45, 7) is 5.95. The zero-order valence-corrected chi connectivity index (χ0v) is 15.3. The smallest absolute Gasteiger partial charge is 0.220 e. The Morgan fingerprint density at radius 1 is 1.28 bits per heavy atom. The Bertz CT molecular complexity index is 596. The van der Waals surface area contributed by atoms with Crippen LogP contribution >= 0.6 is 0 Å². The molecule has 1 fully saturated rings. The number of carbonyl (C=O) groups is 1. The van der Waals surface area contributed by atoms with Gasteiger partial charge in [0.1, 0.15) is 0 Å². The van der Waals surface area contributed by atoms with Crippen molar-refractivity contribution in [2.45, 2.75) is 51.7 Å². The second kappa shape index (κ2) is 8.63. The van der Waals surface area contributed by atoms with Gasteiger partial charge in [0.2, 0.25) is 5.91 Å². The number of nitrogens with one attached hydrogen (secondary N) is 1. The molecule has 1 aliphatic carbocycles. The van der Waals surface area contributed by atoms with Gasteiger partial charge >= 0.3 is 0 Å². The van der Waals surface area contributed by atoms with Gasteiger partial charge in [0.25, 0.3) is 0 Å². The van der Waals surface area contributed by atoms with Gasteiger partial charge in [-0.2, -0.15) is 0 Å². The van der Waals surface area contributed by atoms with Crippen molar-refractivity contribution in [3.63, 3.8) is 0 Å². The third-order valence-electron chi connectivity index (χ3n) is 5.05. The lowest BCUT2D eigenvalue weighted by molar-refractivity contribution is -0.126. The molecule has 1 heterocycles. The van der Waals surface area contributed by atoms with Gasteiger partial charge in [0.05, 0.1) is 25.4 Å². The predicted octanol–water partition coefficient (Wildman–Crippen LogP) is 3.05. The van der Waals surface area contributed by atoms with E-state index < -0.39 is 0 Å². The monoisotopic (exact) mass is 343 g/mol. The number of carbonyl (C=O) groups excluding carboxylic acids is 1. The Labute approximate surface area is 150 Å². The Kier molecular flexibility index (Phi) is 6.27. The molecule has 4 nitrogen and oxygen atoms in total. The predicted molar refractivity (Wildman–Crippen MR) is 98.5 cm³/mol. The van der Waals surface area contributed by atoms with Gasteiger partial charge in [-0.05, 0) is 50.2 Å². The van der Waals surface area contributed by atoms with Crippen LogP contribution in [0.4, 0.5) is 0 Å². The molecular formula is C21H29NO3. The molecule has 136 valence electrons. The summed E-state index contributed by atoms with van der Waals surface area (Å²) in [5, 5.41) is 3.15. The number of benzene rings is 1. The fourth-order valence-corrected chi connectivity index (χ4v) is 3.71. The maximum Gasteiger partial charge on any atom is 0.220 e. The van der Waals surface area contributed by atoms with E-state index in [9.17, 15) is 4.79 Å². The summed E-state index contributed by atoms with van der Waals surface area (Å²) in [7, 11) is 0. The molecule has 0 saturated carbocycles. The van der Waals surface area contributed by atoms with Crippen LogP contribution in [0.5, 0.6) is 0 Å². The topological polar surface area (TPSA) is 47.6 Å². The molecule has 2 atom stereocenters. The zero-order chi connectivity index (χ0) is 17.6. The summed E-state index contributed by atoms with van der Waals surface area (Å²) in [4.78, 5) is 12.5. The molecule has 1 aromatic rings. The van der Waals surface area contributed by atoms with Crippen molar-refractivity contribution >= 4 is 5.91 Å². The minimum absolute atomic E-state index is 0.0362. The lowest BCUT2D eigenvalue weighted by atomic mass is 10.0. The molecule has 1 saturated heterocycles. The summed E-state index contributed by atoms with van der Waals surface area (Å²) in [5.74, 6) is 0.524. The number of amides is 1. The van der Waals surface area contributed by atoms with Crippen molar-refractivity contribution in [3.05, 3.63) is 47.0 Å². The molecule has 0 unspecified atom stereocenters. The molecule has 0 spiro atoms. The van der Waals surface area contributed by atoms with Crippen LogP contribution in [0, 0.1) is 5.92 Å². The zero-order valence-electron chi connectivity index (χ0n) is 15.3. The molecule has 1 amide bonds. The third kappa shape index (κ3) is 5.16. The SMILES string of the molecule is CC(C)=CCO[C@@H]1CCOC[C@@H]1NC(=O)CC1Cc2ccccc2C1. The van der Waals surface area contributed by atoms with E-state index in [-0.39, 0.29) is 18.1 Å². The van der Waals surface area contributed by atoms with Crippen molar-refractivity contribution in [1.29, 1.82) is 0 Å². The standard InChI is InChI=1S/C21H29NO3/c1-15(2)7-10-25-20-8-9-24-14-19(20)22-21(23)13-16-11-17-5-3-4-6-18(17)12-16/h3-7,16,19-20H,8-14H2,1-2H3,(H,22,23)/t19-,20+/m0/s1. The first-order valence-electron chi connectivity index (χ1n) is 9.30. The van der Waals surface area contributed by atoms with Crippen molar-refractivity contribution in [3.8, 4) is 0 Å². The van der Waals surface area contributed by atoms with E-state index >= 15 is 0 Å². The van der Waals surface area contributed by atoms with Crippen molar-refractivity contribution < 1.29 is 14.3 Å². The van der Waals surface area contributed by atoms with Crippen LogP contribution in [0.3, 0.4) is 0 Å². The minimum atomic E-state index is -0.0457. The van der Waals surface area contributed by atoms with Crippen LogP contribution < -0.4 is 5.32 Å². The second-order valence-electron chi connectivity index (χ2n) is 7.44. The molecular weight excluding hydrogens is 314 g/mol. The Hall–Kier alpha value is -1.65. The number of rotatable bonds is 6. The quantitative estimate of drug-likeness (QED) is 0.808. The maximum atomic E-state index is 12.5. The molecule has 0 radical (unpaired) electrons. The van der Waals surface area contributed by atoms with Gasteiger partial charge in [-0.25, -0.2) is 0 Å². The highest BCUT2D eigenvalue weighted by Crippen LogP contribution is 2.28.